The van der Waals surface area contributed by atoms with Gasteiger partial charge in [-0.05, 0) is 19.4 Å². The summed E-state index contributed by atoms with van der Waals surface area (Å²) in [6.45, 7) is 3.41. The van der Waals surface area contributed by atoms with Gasteiger partial charge >= 0.3 is 10.3 Å². The summed E-state index contributed by atoms with van der Waals surface area (Å²) in [5.74, 6) is -0.772. The lowest BCUT2D eigenvalue weighted by molar-refractivity contribution is -0.148. The molecule has 0 bridgehead atoms. The zero-order chi connectivity index (χ0) is 14.8. The Hall–Kier alpha value is -0.990. The van der Waals surface area contributed by atoms with Gasteiger partial charge in [0.25, 0.3) is 0 Å². The van der Waals surface area contributed by atoms with E-state index in [0.29, 0.717) is 6.42 Å². The van der Waals surface area contributed by atoms with Crippen molar-refractivity contribution in [1.29, 1.82) is 0 Å². The molecule has 112 valence electrons. The number of ether oxygens (including phenoxy) is 2. The molecule has 0 radical (unpaired) electrons. The SMILES string of the molecule is CC1(C)OC(COS(N)(=O)=O)C(Cc2ccccc2)O1. The van der Waals surface area contributed by atoms with E-state index >= 15 is 0 Å². The standard InChI is InChI=1S/C13H19NO5S/c1-13(2)18-11(8-10-6-4-3-5-7-10)12(19-13)9-17-20(14,15)16/h3-7,11-12H,8-9H2,1-2H3,(H2,14,15,16). The summed E-state index contributed by atoms with van der Waals surface area (Å²) in [7, 11) is -3.98. The average Bonchev–Trinajstić information content (AvgIpc) is 2.62. The third-order valence-electron chi connectivity index (χ3n) is 2.96. The molecule has 0 saturated carbocycles. The minimum absolute atomic E-state index is 0.153. The Morgan fingerprint density at radius 1 is 1.20 bits per heavy atom. The number of rotatable bonds is 5. The largest absolute Gasteiger partial charge is 0.344 e. The summed E-state index contributed by atoms with van der Waals surface area (Å²) in [5, 5.41) is 4.83. The Kier molecular flexibility index (Phi) is 4.46. The van der Waals surface area contributed by atoms with E-state index in [-0.39, 0.29) is 12.7 Å². The van der Waals surface area contributed by atoms with E-state index in [9.17, 15) is 8.42 Å². The van der Waals surface area contributed by atoms with Crippen molar-refractivity contribution < 1.29 is 22.1 Å². The zero-order valence-corrected chi connectivity index (χ0v) is 12.3. The molecule has 0 aliphatic carbocycles. The summed E-state index contributed by atoms with van der Waals surface area (Å²) >= 11 is 0. The van der Waals surface area contributed by atoms with Crippen molar-refractivity contribution in [1.82, 2.24) is 0 Å². The van der Waals surface area contributed by atoms with E-state index in [1.165, 1.54) is 0 Å². The molecule has 2 N–H and O–H groups in total. The van der Waals surface area contributed by atoms with E-state index in [4.69, 9.17) is 14.6 Å². The maximum atomic E-state index is 10.9. The predicted molar refractivity (Wildman–Crippen MR) is 73.0 cm³/mol. The van der Waals surface area contributed by atoms with Crippen molar-refractivity contribution >= 4 is 10.3 Å². The highest BCUT2D eigenvalue weighted by Gasteiger charge is 2.41. The summed E-state index contributed by atoms with van der Waals surface area (Å²) in [4.78, 5) is 0. The molecule has 6 nitrogen and oxygen atoms in total. The smallest absolute Gasteiger partial charge is 0.333 e. The van der Waals surface area contributed by atoms with Crippen molar-refractivity contribution in [3.63, 3.8) is 0 Å². The first-order valence-electron chi connectivity index (χ1n) is 6.32. The highest BCUT2D eigenvalue weighted by molar-refractivity contribution is 7.84. The van der Waals surface area contributed by atoms with Gasteiger partial charge in [-0.25, -0.2) is 5.14 Å². The summed E-state index contributed by atoms with van der Waals surface area (Å²) < 4.78 is 37.8. The maximum absolute atomic E-state index is 10.9. The van der Waals surface area contributed by atoms with Gasteiger partial charge in [-0.1, -0.05) is 30.3 Å². The lowest BCUT2D eigenvalue weighted by Crippen LogP contribution is -2.32. The monoisotopic (exact) mass is 301 g/mol. The van der Waals surface area contributed by atoms with E-state index in [1.807, 2.05) is 30.3 Å². The van der Waals surface area contributed by atoms with Gasteiger partial charge in [-0.2, -0.15) is 8.42 Å². The van der Waals surface area contributed by atoms with Crippen LogP contribution in [0.15, 0.2) is 30.3 Å². The average molecular weight is 301 g/mol. The first-order chi connectivity index (χ1) is 9.25. The van der Waals surface area contributed by atoms with Crippen LogP contribution in [0.3, 0.4) is 0 Å². The van der Waals surface area contributed by atoms with Gasteiger partial charge in [-0.3, -0.25) is 4.18 Å². The van der Waals surface area contributed by atoms with Crippen LogP contribution in [0.2, 0.25) is 0 Å². The molecule has 1 fully saturated rings. The minimum Gasteiger partial charge on any atom is -0.344 e. The van der Waals surface area contributed by atoms with Crippen LogP contribution in [-0.4, -0.2) is 33.0 Å². The molecule has 20 heavy (non-hydrogen) atoms. The van der Waals surface area contributed by atoms with Gasteiger partial charge in [-0.15, -0.1) is 0 Å². The molecule has 7 heteroatoms. The molecule has 2 unspecified atom stereocenters. The van der Waals surface area contributed by atoms with Gasteiger partial charge in [0.2, 0.25) is 0 Å². The molecule has 2 rings (SSSR count). The molecular formula is C13H19NO5S. The maximum Gasteiger partial charge on any atom is 0.333 e. The fraction of sp³-hybridized carbons (Fsp3) is 0.538. The fourth-order valence-corrected chi connectivity index (χ4v) is 2.56. The van der Waals surface area contributed by atoms with Crippen LogP contribution in [0.4, 0.5) is 0 Å². The predicted octanol–water partition coefficient (Wildman–Crippen LogP) is 0.969. The summed E-state index contributed by atoms with van der Waals surface area (Å²) in [6, 6.07) is 9.76. The Morgan fingerprint density at radius 3 is 2.40 bits per heavy atom. The molecule has 1 saturated heterocycles. The van der Waals surface area contributed by atoms with Crippen molar-refractivity contribution in [3.8, 4) is 0 Å². The molecule has 1 aromatic rings. The zero-order valence-electron chi connectivity index (χ0n) is 11.5. The summed E-state index contributed by atoms with van der Waals surface area (Å²) in [5.41, 5.74) is 1.08. The highest BCUT2D eigenvalue weighted by atomic mass is 32.2. The van der Waals surface area contributed by atoms with E-state index in [2.05, 4.69) is 4.18 Å². The second-order valence-electron chi connectivity index (χ2n) is 5.18. The number of hydrogen-bond acceptors (Lipinski definition) is 5. The molecule has 1 heterocycles. The van der Waals surface area contributed by atoms with Crippen LogP contribution < -0.4 is 5.14 Å². The Bertz CT molecular complexity index is 543. The molecular weight excluding hydrogens is 282 g/mol. The third-order valence-corrected chi connectivity index (χ3v) is 3.43. The van der Waals surface area contributed by atoms with Gasteiger partial charge in [0.05, 0.1) is 12.7 Å². The topological polar surface area (TPSA) is 87.9 Å². The molecule has 1 aliphatic rings. The van der Waals surface area contributed by atoms with E-state index in [1.54, 1.807) is 13.8 Å². The first kappa shape index (κ1) is 15.4. The van der Waals surface area contributed by atoms with Gasteiger partial charge in [0.15, 0.2) is 5.79 Å². The molecule has 2 atom stereocenters. The fourth-order valence-electron chi connectivity index (χ4n) is 2.23. The number of nitrogens with two attached hydrogens (primary N) is 1. The normalized spacial score (nSPS) is 25.8. The first-order valence-corrected chi connectivity index (χ1v) is 7.79. The molecule has 1 aromatic carbocycles. The van der Waals surface area contributed by atoms with E-state index < -0.39 is 22.2 Å². The number of hydrogen-bond donors (Lipinski definition) is 1. The molecule has 0 amide bonds. The minimum atomic E-state index is -3.98. The van der Waals surface area contributed by atoms with Crippen LogP contribution in [0.1, 0.15) is 19.4 Å². The van der Waals surface area contributed by atoms with Crippen LogP contribution >= 0.6 is 0 Å². The second kappa shape index (κ2) is 5.79. The Morgan fingerprint density at radius 2 is 1.80 bits per heavy atom. The molecule has 1 aliphatic heterocycles. The van der Waals surface area contributed by atoms with Crippen LogP contribution in [0.5, 0.6) is 0 Å². The lowest BCUT2D eigenvalue weighted by Gasteiger charge is -2.16. The molecule has 0 aromatic heterocycles. The van der Waals surface area contributed by atoms with Crippen LogP contribution in [0.25, 0.3) is 0 Å². The van der Waals surface area contributed by atoms with Gasteiger partial charge in [0, 0.05) is 6.42 Å². The third kappa shape index (κ3) is 4.53. The van der Waals surface area contributed by atoms with Crippen LogP contribution in [-0.2, 0) is 30.4 Å². The van der Waals surface area contributed by atoms with Gasteiger partial charge in [0.1, 0.15) is 6.10 Å². The Balaban J connectivity index is 2.04. The highest BCUT2D eigenvalue weighted by Crippen LogP contribution is 2.30. The summed E-state index contributed by atoms with van der Waals surface area (Å²) in [6.07, 6.45) is -0.152. The second-order valence-corrected chi connectivity index (χ2v) is 6.40. The van der Waals surface area contributed by atoms with Crippen molar-refractivity contribution in [3.05, 3.63) is 35.9 Å². The number of benzene rings is 1. The molecule has 0 spiro atoms. The lowest BCUT2D eigenvalue weighted by atomic mass is 10.0. The Labute approximate surface area is 119 Å². The van der Waals surface area contributed by atoms with Gasteiger partial charge < -0.3 is 9.47 Å². The van der Waals surface area contributed by atoms with Crippen molar-refractivity contribution in [2.75, 3.05) is 6.61 Å². The van der Waals surface area contributed by atoms with Crippen molar-refractivity contribution in [2.24, 2.45) is 5.14 Å². The quantitative estimate of drug-likeness (QED) is 0.875. The van der Waals surface area contributed by atoms with Crippen LogP contribution in [0, 0.1) is 0 Å². The van der Waals surface area contributed by atoms with Crippen molar-refractivity contribution in [2.45, 2.75) is 38.3 Å². The van der Waals surface area contributed by atoms with E-state index in [0.717, 1.165) is 5.56 Å².